The van der Waals surface area contributed by atoms with Crippen LogP contribution in [0.4, 0.5) is 35.1 Å². The Morgan fingerprint density at radius 1 is 0.692 bits per heavy atom. The van der Waals surface area contributed by atoms with Crippen molar-refractivity contribution in [1.82, 2.24) is 9.80 Å². The summed E-state index contributed by atoms with van der Waals surface area (Å²) in [6.07, 6.45) is -11.1. The average Bonchev–Trinajstić information content (AvgIpc) is 2.47. The molecule has 0 spiro atoms. The van der Waals surface area contributed by atoms with E-state index in [2.05, 4.69) is 0 Å². The molecule has 0 saturated carbocycles. The molecule has 4 unspecified atom stereocenters. The first kappa shape index (κ1) is 24.1. The number of rotatable bonds is 8. The summed E-state index contributed by atoms with van der Waals surface area (Å²) in [6.45, 7) is -0.0873. The summed E-state index contributed by atoms with van der Waals surface area (Å²) in [5, 5.41) is -4.24. The Labute approximate surface area is 156 Å². The van der Waals surface area contributed by atoms with Gasteiger partial charge in [0.05, 0.1) is 0 Å². The van der Waals surface area contributed by atoms with Gasteiger partial charge in [0.2, 0.25) is 0 Å². The van der Waals surface area contributed by atoms with Crippen LogP contribution >= 0.6 is 23.5 Å². The van der Waals surface area contributed by atoms with Crippen molar-refractivity contribution < 1.29 is 35.1 Å². The first-order valence-corrected chi connectivity index (χ1v) is 10.4. The van der Waals surface area contributed by atoms with Gasteiger partial charge >= 0.3 is 12.4 Å². The van der Waals surface area contributed by atoms with Gasteiger partial charge in [-0.3, -0.25) is 9.80 Å². The number of hydrogen-bond acceptors (Lipinski definition) is 4. The highest BCUT2D eigenvalue weighted by Crippen LogP contribution is 2.34. The lowest BCUT2D eigenvalue weighted by Crippen LogP contribution is -2.52. The largest absolute Gasteiger partial charge is 0.403 e. The van der Waals surface area contributed by atoms with Crippen LogP contribution in [0.2, 0.25) is 0 Å². The number of nitrogens with zero attached hydrogens (tertiary/aromatic N) is 2. The van der Waals surface area contributed by atoms with Gasteiger partial charge in [0, 0.05) is 39.3 Å². The minimum atomic E-state index is -4.65. The molecule has 1 rings (SSSR count). The van der Waals surface area contributed by atoms with Crippen LogP contribution in [0.5, 0.6) is 0 Å². The molecular formula is C14H22F8N2S2. The van der Waals surface area contributed by atoms with E-state index >= 15 is 0 Å². The van der Waals surface area contributed by atoms with Gasteiger partial charge in [-0.05, 0) is 12.5 Å². The average molecular weight is 434 g/mol. The number of hydrogen-bond donors (Lipinski definition) is 0. The molecule has 156 valence electrons. The second-order valence-electron chi connectivity index (χ2n) is 6.03. The molecule has 1 saturated heterocycles. The van der Waals surface area contributed by atoms with Crippen molar-refractivity contribution >= 4 is 23.5 Å². The maximum Gasteiger partial charge on any atom is 0.403 e. The van der Waals surface area contributed by atoms with E-state index in [1.54, 1.807) is 0 Å². The Morgan fingerprint density at radius 3 is 1.15 bits per heavy atom. The van der Waals surface area contributed by atoms with E-state index in [-0.39, 0.29) is 26.2 Å². The Bertz CT molecular complexity index is 375. The highest BCUT2D eigenvalue weighted by atomic mass is 32.2. The van der Waals surface area contributed by atoms with E-state index in [9.17, 15) is 35.1 Å². The monoisotopic (exact) mass is 434 g/mol. The third kappa shape index (κ3) is 7.23. The molecule has 0 amide bonds. The fraction of sp³-hybridized carbons (Fsp3) is 1.00. The minimum Gasteiger partial charge on any atom is -0.298 e. The van der Waals surface area contributed by atoms with Crippen molar-refractivity contribution in [2.24, 2.45) is 0 Å². The second kappa shape index (κ2) is 10.0. The topological polar surface area (TPSA) is 6.48 Å². The maximum atomic E-state index is 14.0. The maximum absolute atomic E-state index is 14.0. The smallest absolute Gasteiger partial charge is 0.298 e. The SMILES string of the molecule is CSC(C(F)CN1CCN(CC(F)C(SC)C(F)(F)F)CC1)C(F)(F)F. The Hall–Kier alpha value is 0.0600. The summed E-state index contributed by atoms with van der Waals surface area (Å²) < 4.78 is 104. The molecule has 0 aromatic carbocycles. The molecule has 0 bridgehead atoms. The van der Waals surface area contributed by atoms with Crippen molar-refractivity contribution in [3.8, 4) is 0 Å². The van der Waals surface area contributed by atoms with Crippen LogP contribution in [-0.4, -0.2) is 96.8 Å². The van der Waals surface area contributed by atoms with E-state index in [0.717, 1.165) is 0 Å². The molecule has 12 heteroatoms. The van der Waals surface area contributed by atoms with Crippen molar-refractivity contribution in [2.45, 2.75) is 35.2 Å². The summed E-state index contributed by atoms with van der Waals surface area (Å²) in [7, 11) is 0. The lowest BCUT2D eigenvalue weighted by Gasteiger charge is -2.37. The molecule has 0 N–H and O–H groups in total. The van der Waals surface area contributed by atoms with E-state index in [1.807, 2.05) is 0 Å². The molecule has 1 fully saturated rings. The lowest BCUT2D eigenvalue weighted by molar-refractivity contribution is -0.143. The van der Waals surface area contributed by atoms with Crippen LogP contribution in [0.15, 0.2) is 0 Å². The van der Waals surface area contributed by atoms with Crippen LogP contribution in [-0.2, 0) is 0 Å². The Balaban J connectivity index is 2.47. The zero-order chi connectivity index (χ0) is 20.1. The summed E-state index contributed by atoms with van der Waals surface area (Å²) in [5.41, 5.74) is 0. The van der Waals surface area contributed by atoms with Gasteiger partial charge < -0.3 is 0 Å². The first-order valence-electron chi connectivity index (χ1n) is 7.82. The predicted octanol–water partition coefficient (Wildman–Crippen LogP) is 3.87. The van der Waals surface area contributed by atoms with E-state index in [0.29, 0.717) is 23.5 Å². The Morgan fingerprint density at radius 2 is 0.962 bits per heavy atom. The molecule has 0 aliphatic carbocycles. The van der Waals surface area contributed by atoms with Crippen molar-refractivity contribution in [1.29, 1.82) is 0 Å². The third-order valence-electron chi connectivity index (χ3n) is 4.14. The Kier molecular flexibility index (Phi) is 9.28. The molecule has 0 radical (unpaired) electrons. The zero-order valence-corrected chi connectivity index (χ0v) is 15.9. The van der Waals surface area contributed by atoms with Crippen molar-refractivity contribution in [2.75, 3.05) is 51.8 Å². The number of piperazine rings is 1. The summed E-state index contributed by atoms with van der Waals surface area (Å²) in [4.78, 5) is 2.97. The lowest BCUT2D eigenvalue weighted by atomic mass is 10.2. The predicted molar refractivity (Wildman–Crippen MR) is 89.4 cm³/mol. The summed E-state index contributed by atoms with van der Waals surface area (Å²) in [6, 6.07) is 0. The fourth-order valence-corrected chi connectivity index (χ4v) is 4.11. The molecule has 4 atom stereocenters. The highest BCUT2D eigenvalue weighted by molar-refractivity contribution is 7.99. The standard InChI is InChI=1S/C14H22F8N2S2/c1-25-11(13(17,18)19)9(15)7-23-3-5-24(6-4-23)8-10(16)12(26-2)14(20,21)22/h9-12H,3-8H2,1-2H3. The molecule has 2 nitrogen and oxygen atoms in total. The van der Waals surface area contributed by atoms with E-state index in [1.165, 1.54) is 22.3 Å². The van der Waals surface area contributed by atoms with Gasteiger partial charge in [0.25, 0.3) is 0 Å². The van der Waals surface area contributed by atoms with Crippen LogP contribution in [0.1, 0.15) is 0 Å². The number of halogens is 8. The first-order chi connectivity index (χ1) is 11.9. The molecular weight excluding hydrogens is 412 g/mol. The van der Waals surface area contributed by atoms with Crippen molar-refractivity contribution in [3.05, 3.63) is 0 Å². The van der Waals surface area contributed by atoms with Crippen LogP contribution < -0.4 is 0 Å². The fourth-order valence-electron chi connectivity index (χ4n) is 2.81. The molecule has 1 aliphatic heterocycles. The molecule has 1 heterocycles. The molecule has 26 heavy (non-hydrogen) atoms. The van der Waals surface area contributed by atoms with Crippen molar-refractivity contribution in [3.63, 3.8) is 0 Å². The van der Waals surface area contributed by atoms with E-state index in [4.69, 9.17) is 0 Å². The molecule has 1 aliphatic rings. The van der Waals surface area contributed by atoms with Crippen LogP contribution in [0.3, 0.4) is 0 Å². The van der Waals surface area contributed by atoms with Gasteiger partial charge in [-0.15, -0.1) is 23.5 Å². The van der Waals surface area contributed by atoms with Gasteiger partial charge in [-0.25, -0.2) is 8.78 Å². The normalized spacial score (nSPS) is 22.8. The number of thioether (sulfide) groups is 2. The highest BCUT2D eigenvalue weighted by Gasteiger charge is 2.46. The van der Waals surface area contributed by atoms with E-state index < -0.39 is 48.3 Å². The van der Waals surface area contributed by atoms with Gasteiger partial charge in [0.1, 0.15) is 22.8 Å². The van der Waals surface area contributed by atoms with Crippen LogP contribution in [0.25, 0.3) is 0 Å². The minimum absolute atomic E-state index is 0.183. The van der Waals surface area contributed by atoms with Gasteiger partial charge in [-0.1, -0.05) is 0 Å². The summed E-state index contributed by atoms with van der Waals surface area (Å²) in [5.74, 6) is 0. The van der Waals surface area contributed by atoms with Gasteiger partial charge in [0.15, 0.2) is 0 Å². The quantitative estimate of drug-likeness (QED) is 0.535. The zero-order valence-electron chi connectivity index (χ0n) is 14.3. The second-order valence-corrected chi connectivity index (χ2v) is 7.99. The third-order valence-corrected chi connectivity index (χ3v) is 6.28. The van der Waals surface area contributed by atoms with Gasteiger partial charge in [-0.2, -0.15) is 26.3 Å². The number of alkyl halides is 8. The molecule has 0 aromatic rings. The summed E-state index contributed by atoms with van der Waals surface area (Å²) >= 11 is 0.790. The van der Waals surface area contributed by atoms with Crippen LogP contribution in [0, 0.1) is 0 Å². The molecule has 0 aromatic heterocycles.